The largest absolute Gasteiger partial charge is 0.374 e. The number of carbonyl (C=O) groups excluding carboxylic acids is 1. The van der Waals surface area contributed by atoms with Gasteiger partial charge in [-0.2, -0.15) is 0 Å². The normalized spacial score (nSPS) is 10.5. The maximum Gasteiger partial charge on any atom is 0.236 e. The lowest BCUT2D eigenvalue weighted by Gasteiger charge is -1.99. The number of amides is 1. The number of aromatic nitrogens is 3. The number of hydrogen-bond donors (Lipinski definition) is 2. The second kappa shape index (κ2) is 6.86. The van der Waals surface area contributed by atoms with Crippen molar-refractivity contribution in [3.63, 3.8) is 0 Å². The Labute approximate surface area is 138 Å². The van der Waals surface area contributed by atoms with E-state index in [-0.39, 0.29) is 11.7 Å². The van der Waals surface area contributed by atoms with E-state index in [1.807, 2.05) is 35.7 Å². The number of nitrogens with zero attached hydrogens (tertiary/aromatic N) is 3. The van der Waals surface area contributed by atoms with Gasteiger partial charge < -0.3 is 11.1 Å². The molecule has 112 valence electrons. The monoisotopic (exact) mass is 349 g/mol. The molecule has 3 aromatic rings. The van der Waals surface area contributed by atoms with Crippen LogP contribution in [0.3, 0.4) is 0 Å². The molecule has 3 rings (SSSR count). The Morgan fingerprint density at radius 2 is 2.09 bits per heavy atom. The summed E-state index contributed by atoms with van der Waals surface area (Å²) >= 11 is 3.97. The second-order valence-corrected chi connectivity index (χ2v) is 7.24. The summed E-state index contributed by atoms with van der Waals surface area (Å²) in [6, 6.07) is 9.83. The number of thiazole rings is 1. The summed E-state index contributed by atoms with van der Waals surface area (Å²) in [6.07, 6.45) is 0. The molecule has 0 fully saturated rings. The molecule has 0 aliphatic carbocycles. The fraction of sp³-hybridized carbons (Fsp3) is 0.0769. The van der Waals surface area contributed by atoms with Crippen LogP contribution in [0.4, 0.5) is 10.3 Å². The van der Waals surface area contributed by atoms with Crippen molar-refractivity contribution in [2.24, 2.45) is 0 Å². The van der Waals surface area contributed by atoms with Gasteiger partial charge in [0.25, 0.3) is 0 Å². The summed E-state index contributed by atoms with van der Waals surface area (Å²) in [6.45, 7) is 0. The highest BCUT2D eigenvalue weighted by Gasteiger charge is 2.10. The minimum Gasteiger partial charge on any atom is -0.374 e. The van der Waals surface area contributed by atoms with E-state index in [2.05, 4.69) is 20.5 Å². The van der Waals surface area contributed by atoms with Crippen molar-refractivity contribution in [3.05, 3.63) is 35.7 Å². The standard InChI is InChI=1S/C13H11N5OS3/c14-11-17-18-13(22-11)21-7-10(19)16-12-15-9(6-20-12)8-4-2-1-3-5-8/h1-6H,7H2,(H2,14,17)(H,15,16,19). The van der Waals surface area contributed by atoms with Crippen molar-refractivity contribution in [2.75, 3.05) is 16.8 Å². The molecule has 0 unspecified atom stereocenters. The molecule has 3 N–H and O–H groups in total. The van der Waals surface area contributed by atoms with Crippen LogP contribution >= 0.6 is 34.4 Å². The number of rotatable bonds is 5. The number of anilines is 2. The van der Waals surface area contributed by atoms with Gasteiger partial charge in [0.15, 0.2) is 9.47 Å². The number of nitrogens with one attached hydrogen (secondary N) is 1. The van der Waals surface area contributed by atoms with E-state index in [1.54, 1.807) is 0 Å². The van der Waals surface area contributed by atoms with Gasteiger partial charge in [0.1, 0.15) is 0 Å². The van der Waals surface area contributed by atoms with E-state index in [4.69, 9.17) is 5.73 Å². The Morgan fingerprint density at radius 3 is 2.82 bits per heavy atom. The molecular weight excluding hydrogens is 338 g/mol. The predicted octanol–water partition coefficient (Wildman–Crippen LogP) is 2.97. The van der Waals surface area contributed by atoms with Gasteiger partial charge in [0, 0.05) is 10.9 Å². The first-order valence-electron chi connectivity index (χ1n) is 6.23. The lowest BCUT2D eigenvalue weighted by Crippen LogP contribution is -2.13. The van der Waals surface area contributed by atoms with Gasteiger partial charge >= 0.3 is 0 Å². The van der Waals surface area contributed by atoms with Gasteiger partial charge in [0.2, 0.25) is 11.0 Å². The molecular formula is C13H11N5OS3. The lowest BCUT2D eigenvalue weighted by atomic mass is 10.2. The maximum atomic E-state index is 11.9. The number of nitrogens with two attached hydrogens (primary N) is 1. The number of thioether (sulfide) groups is 1. The lowest BCUT2D eigenvalue weighted by molar-refractivity contribution is -0.113. The second-order valence-electron chi connectivity index (χ2n) is 4.15. The molecule has 0 saturated heterocycles. The summed E-state index contributed by atoms with van der Waals surface area (Å²) in [5, 5.41) is 13.2. The van der Waals surface area contributed by atoms with Crippen LogP contribution in [-0.4, -0.2) is 26.8 Å². The zero-order chi connectivity index (χ0) is 15.4. The first-order valence-corrected chi connectivity index (χ1v) is 8.91. The molecule has 6 nitrogen and oxygen atoms in total. The van der Waals surface area contributed by atoms with Gasteiger partial charge in [0.05, 0.1) is 11.4 Å². The summed E-state index contributed by atoms with van der Waals surface area (Å²) in [5.41, 5.74) is 7.37. The fourth-order valence-electron chi connectivity index (χ4n) is 1.63. The van der Waals surface area contributed by atoms with Gasteiger partial charge in [-0.1, -0.05) is 53.4 Å². The zero-order valence-electron chi connectivity index (χ0n) is 11.2. The number of carbonyl (C=O) groups is 1. The number of nitrogen functional groups attached to an aromatic ring is 1. The molecule has 1 amide bonds. The van der Waals surface area contributed by atoms with E-state index in [0.29, 0.717) is 14.6 Å². The highest BCUT2D eigenvalue weighted by molar-refractivity contribution is 8.01. The molecule has 2 heterocycles. The minimum absolute atomic E-state index is 0.132. The molecule has 0 spiro atoms. The number of hydrogen-bond acceptors (Lipinski definition) is 8. The van der Waals surface area contributed by atoms with Crippen molar-refractivity contribution in [1.29, 1.82) is 0 Å². The van der Waals surface area contributed by atoms with Crippen LogP contribution in [-0.2, 0) is 4.79 Å². The molecule has 0 atom stereocenters. The average molecular weight is 349 g/mol. The van der Waals surface area contributed by atoms with Crippen LogP contribution in [0.25, 0.3) is 11.3 Å². The molecule has 22 heavy (non-hydrogen) atoms. The maximum absolute atomic E-state index is 11.9. The van der Waals surface area contributed by atoms with Gasteiger partial charge in [-0.15, -0.1) is 21.5 Å². The van der Waals surface area contributed by atoms with Crippen LogP contribution in [0.2, 0.25) is 0 Å². The topological polar surface area (TPSA) is 93.8 Å². The first kappa shape index (κ1) is 14.9. The predicted molar refractivity (Wildman–Crippen MR) is 91.2 cm³/mol. The average Bonchev–Trinajstić information content (AvgIpc) is 3.15. The third-order valence-corrected chi connectivity index (χ3v) is 5.21. The summed E-state index contributed by atoms with van der Waals surface area (Å²) in [7, 11) is 0. The van der Waals surface area contributed by atoms with Crippen molar-refractivity contribution < 1.29 is 4.79 Å². The van der Waals surface area contributed by atoms with Crippen LogP contribution < -0.4 is 11.1 Å². The Morgan fingerprint density at radius 1 is 1.27 bits per heavy atom. The van der Waals surface area contributed by atoms with E-state index in [1.165, 1.54) is 34.4 Å². The molecule has 1 aromatic carbocycles. The first-order chi connectivity index (χ1) is 10.7. The van der Waals surface area contributed by atoms with Crippen molar-refractivity contribution in [1.82, 2.24) is 15.2 Å². The summed E-state index contributed by atoms with van der Waals surface area (Å²) in [5.74, 6) is 0.113. The van der Waals surface area contributed by atoms with Crippen molar-refractivity contribution in [3.8, 4) is 11.3 Å². The Hall–Kier alpha value is -1.97. The van der Waals surface area contributed by atoms with Crippen LogP contribution in [0.5, 0.6) is 0 Å². The van der Waals surface area contributed by atoms with E-state index >= 15 is 0 Å². The fourth-order valence-corrected chi connectivity index (χ4v) is 3.81. The molecule has 2 aromatic heterocycles. The highest BCUT2D eigenvalue weighted by atomic mass is 32.2. The van der Waals surface area contributed by atoms with Crippen LogP contribution in [0.1, 0.15) is 0 Å². The van der Waals surface area contributed by atoms with E-state index in [9.17, 15) is 4.79 Å². The van der Waals surface area contributed by atoms with Crippen LogP contribution in [0, 0.1) is 0 Å². The quantitative estimate of drug-likeness (QED) is 0.688. The van der Waals surface area contributed by atoms with E-state index < -0.39 is 0 Å². The van der Waals surface area contributed by atoms with E-state index in [0.717, 1.165) is 11.3 Å². The Bertz CT molecular complexity index is 771. The third kappa shape index (κ3) is 3.81. The Balaban J connectivity index is 1.57. The summed E-state index contributed by atoms with van der Waals surface area (Å²) < 4.78 is 0.678. The Kier molecular flexibility index (Phi) is 4.66. The third-order valence-electron chi connectivity index (χ3n) is 2.57. The van der Waals surface area contributed by atoms with Gasteiger partial charge in [-0.05, 0) is 0 Å². The van der Waals surface area contributed by atoms with Gasteiger partial charge in [-0.25, -0.2) is 4.98 Å². The molecule has 0 saturated carbocycles. The summed E-state index contributed by atoms with van der Waals surface area (Å²) in [4.78, 5) is 16.3. The highest BCUT2D eigenvalue weighted by Crippen LogP contribution is 2.26. The van der Waals surface area contributed by atoms with Crippen molar-refractivity contribution in [2.45, 2.75) is 4.34 Å². The molecule has 0 aliphatic rings. The van der Waals surface area contributed by atoms with Crippen molar-refractivity contribution >= 4 is 50.6 Å². The SMILES string of the molecule is Nc1nnc(SCC(=O)Nc2nc(-c3ccccc3)cs2)s1. The molecule has 9 heteroatoms. The van der Waals surface area contributed by atoms with Gasteiger partial charge in [-0.3, -0.25) is 4.79 Å². The number of benzene rings is 1. The van der Waals surface area contributed by atoms with Crippen LogP contribution in [0.15, 0.2) is 40.1 Å². The smallest absolute Gasteiger partial charge is 0.236 e. The molecule has 0 radical (unpaired) electrons. The molecule has 0 aliphatic heterocycles. The minimum atomic E-state index is -0.132. The zero-order valence-corrected chi connectivity index (χ0v) is 13.7. The molecule has 0 bridgehead atoms.